The standard InChI is InChI=1S/C23H34N4O2/c1-18-3-8-21(29-2)17-22(18)27-15-13-26(14-16-27)12-10-19-4-6-20(7-5-19)25-23(28)9-11-24/h3,8,17,19-20H,4-7,9-10,12-16H2,1-2H3,(H,25,28)/t19-,20-. The van der Waals surface area contributed by atoms with E-state index in [2.05, 4.69) is 34.2 Å². The quantitative estimate of drug-likeness (QED) is 0.764. The highest BCUT2D eigenvalue weighted by molar-refractivity contribution is 5.78. The summed E-state index contributed by atoms with van der Waals surface area (Å²) in [6.07, 6.45) is 5.68. The van der Waals surface area contributed by atoms with E-state index < -0.39 is 0 Å². The van der Waals surface area contributed by atoms with Crippen LogP contribution >= 0.6 is 0 Å². The molecule has 6 heteroatoms. The van der Waals surface area contributed by atoms with E-state index >= 15 is 0 Å². The summed E-state index contributed by atoms with van der Waals surface area (Å²) >= 11 is 0. The lowest BCUT2D eigenvalue weighted by atomic mass is 9.84. The highest BCUT2D eigenvalue weighted by atomic mass is 16.5. The van der Waals surface area contributed by atoms with Crippen LogP contribution in [0.2, 0.25) is 0 Å². The summed E-state index contributed by atoms with van der Waals surface area (Å²) in [5.41, 5.74) is 2.60. The first-order valence-electron chi connectivity index (χ1n) is 10.9. The van der Waals surface area contributed by atoms with Gasteiger partial charge in [-0.1, -0.05) is 6.07 Å². The highest BCUT2D eigenvalue weighted by Gasteiger charge is 2.24. The van der Waals surface area contributed by atoms with Gasteiger partial charge in [0, 0.05) is 44.0 Å². The van der Waals surface area contributed by atoms with Crippen molar-refractivity contribution in [2.45, 2.75) is 51.5 Å². The van der Waals surface area contributed by atoms with Gasteiger partial charge in [0.25, 0.3) is 0 Å². The average molecular weight is 399 g/mol. The zero-order valence-corrected chi connectivity index (χ0v) is 17.8. The predicted octanol–water partition coefficient (Wildman–Crippen LogP) is 3.10. The molecule has 1 amide bonds. The van der Waals surface area contributed by atoms with Gasteiger partial charge >= 0.3 is 0 Å². The maximum atomic E-state index is 11.6. The molecule has 3 rings (SSSR count). The number of carbonyl (C=O) groups excluding carboxylic acids is 1. The van der Waals surface area contributed by atoms with Crippen molar-refractivity contribution in [3.8, 4) is 11.8 Å². The molecular weight excluding hydrogens is 364 g/mol. The molecule has 158 valence electrons. The second-order valence-electron chi connectivity index (χ2n) is 8.39. The molecule has 2 aliphatic rings. The topological polar surface area (TPSA) is 68.6 Å². The van der Waals surface area contributed by atoms with Crippen LogP contribution in [0.1, 0.15) is 44.1 Å². The normalized spacial score (nSPS) is 22.7. The zero-order valence-electron chi connectivity index (χ0n) is 17.8. The fraction of sp³-hybridized carbons (Fsp3) is 0.652. The van der Waals surface area contributed by atoms with E-state index in [9.17, 15) is 4.79 Å². The van der Waals surface area contributed by atoms with Crippen molar-refractivity contribution in [1.82, 2.24) is 10.2 Å². The number of hydrogen-bond donors (Lipinski definition) is 1. The van der Waals surface area contributed by atoms with Crippen molar-refractivity contribution in [1.29, 1.82) is 5.26 Å². The molecule has 1 aliphatic heterocycles. The molecule has 1 saturated carbocycles. The molecule has 1 aromatic carbocycles. The Hall–Kier alpha value is -2.26. The van der Waals surface area contributed by atoms with Gasteiger partial charge in [-0.15, -0.1) is 0 Å². The van der Waals surface area contributed by atoms with Crippen molar-refractivity contribution in [3.63, 3.8) is 0 Å². The van der Waals surface area contributed by atoms with E-state index in [1.54, 1.807) is 7.11 Å². The number of nitrogens with one attached hydrogen (secondary N) is 1. The van der Waals surface area contributed by atoms with E-state index in [0.29, 0.717) is 0 Å². The Balaban J connectivity index is 1.37. The van der Waals surface area contributed by atoms with Crippen LogP contribution in [0.4, 0.5) is 5.69 Å². The third-order valence-corrected chi connectivity index (χ3v) is 6.43. The first-order valence-corrected chi connectivity index (χ1v) is 10.9. The van der Waals surface area contributed by atoms with Crippen LogP contribution in [-0.2, 0) is 4.79 Å². The summed E-state index contributed by atoms with van der Waals surface area (Å²) in [5.74, 6) is 1.56. The molecule has 1 saturated heterocycles. The first-order chi connectivity index (χ1) is 14.1. The van der Waals surface area contributed by atoms with Crippen LogP contribution in [0.25, 0.3) is 0 Å². The third kappa shape index (κ3) is 6.11. The maximum Gasteiger partial charge on any atom is 0.234 e. The lowest BCUT2D eigenvalue weighted by molar-refractivity contribution is -0.121. The highest BCUT2D eigenvalue weighted by Crippen LogP contribution is 2.29. The summed E-state index contributed by atoms with van der Waals surface area (Å²) < 4.78 is 5.39. The van der Waals surface area contributed by atoms with Crippen LogP contribution in [0.5, 0.6) is 5.75 Å². The largest absolute Gasteiger partial charge is 0.497 e. The minimum Gasteiger partial charge on any atom is -0.497 e. The number of rotatable bonds is 7. The van der Waals surface area contributed by atoms with Crippen molar-refractivity contribution >= 4 is 11.6 Å². The van der Waals surface area contributed by atoms with Crippen molar-refractivity contribution < 1.29 is 9.53 Å². The Bertz CT molecular complexity index is 714. The molecular formula is C23H34N4O2. The van der Waals surface area contributed by atoms with Crippen LogP contribution in [0.15, 0.2) is 18.2 Å². The van der Waals surface area contributed by atoms with Crippen LogP contribution < -0.4 is 15.0 Å². The molecule has 1 heterocycles. The first kappa shape index (κ1) is 21.4. The molecule has 0 unspecified atom stereocenters. The van der Waals surface area contributed by atoms with E-state index in [1.807, 2.05) is 12.1 Å². The fourth-order valence-electron chi connectivity index (χ4n) is 4.58. The minimum absolute atomic E-state index is 0.0266. The van der Waals surface area contributed by atoms with Crippen molar-refractivity contribution in [2.24, 2.45) is 5.92 Å². The maximum absolute atomic E-state index is 11.6. The number of anilines is 1. The fourth-order valence-corrected chi connectivity index (χ4v) is 4.58. The SMILES string of the molecule is COc1ccc(C)c(N2CCN(CC[C@H]3CC[C@H](NC(=O)CC#N)CC3)CC2)c1. The van der Waals surface area contributed by atoms with Gasteiger partial charge in [-0.05, 0) is 63.1 Å². The number of benzene rings is 1. The Morgan fingerprint density at radius 3 is 2.59 bits per heavy atom. The van der Waals surface area contributed by atoms with Gasteiger partial charge in [-0.25, -0.2) is 0 Å². The molecule has 0 atom stereocenters. The smallest absolute Gasteiger partial charge is 0.234 e. The van der Waals surface area contributed by atoms with Crippen LogP contribution in [0.3, 0.4) is 0 Å². The zero-order chi connectivity index (χ0) is 20.6. The second kappa shape index (κ2) is 10.5. The Kier molecular flexibility index (Phi) is 7.76. The number of nitrogens with zero attached hydrogens (tertiary/aromatic N) is 3. The number of aryl methyl sites for hydroxylation is 1. The van der Waals surface area contributed by atoms with Gasteiger partial charge < -0.3 is 15.0 Å². The summed E-state index contributed by atoms with van der Waals surface area (Å²) in [7, 11) is 1.72. The third-order valence-electron chi connectivity index (χ3n) is 6.43. The molecule has 1 aliphatic carbocycles. The molecule has 0 spiro atoms. The van der Waals surface area contributed by atoms with Gasteiger partial charge in [0.05, 0.1) is 13.2 Å². The molecule has 1 N–H and O–H groups in total. The van der Waals surface area contributed by atoms with Gasteiger partial charge in [0.1, 0.15) is 12.2 Å². The summed E-state index contributed by atoms with van der Waals surface area (Å²) in [4.78, 5) is 16.6. The van der Waals surface area contributed by atoms with Gasteiger partial charge in [-0.3, -0.25) is 9.69 Å². The molecule has 29 heavy (non-hydrogen) atoms. The van der Waals surface area contributed by atoms with Crippen LogP contribution in [-0.4, -0.2) is 56.7 Å². The van der Waals surface area contributed by atoms with Gasteiger partial charge in [0.2, 0.25) is 5.91 Å². The second-order valence-corrected chi connectivity index (χ2v) is 8.39. The number of nitriles is 1. The number of methoxy groups -OCH3 is 1. The molecule has 0 aromatic heterocycles. The van der Waals surface area contributed by atoms with E-state index in [4.69, 9.17) is 10.00 Å². The summed E-state index contributed by atoms with van der Waals surface area (Å²) in [6.45, 7) is 7.67. The number of hydrogen-bond acceptors (Lipinski definition) is 5. The summed E-state index contributed by atoms with van der Waals surface area (Å²) in [5, 5.41) is 11.6. The Morgan fingerprint density at radius 2 is 1.93 bits per heavy atom. The van der Waals surface area contributed by atoms with Crippen molar-refractivity contribution in [3.05, 3.63) is 23.8 Å². The van der Waals surface area contributed by atoms with Crippen LogP contribution in [0, 0.1) is 24.2 Å². The Morgan fingerprint density at radius 1 is 1.21 bits per heavy atom. The van der Waals surface area contributed by atoms with Gasteiger partial charge in [0.15, 0.2) is 0 Å². The monoisotopic (exact) mass is 398 g/mol. The van der Waals surface area contributed by atoms with E-state index in [-0.39, 0.29) is 18.4 Å². The molecule has 1 aromatic rings. The number of ether oxygens (including phenoxy) is 1. The number of amides is 1. The molecule has 6 nitrogen and oxygen atoms in total. The number of carbonyl (C=O) groups is 1. The molecule has 0 bridgehead atoms. The van der Waals surface area contributed by atoms with E-state index in [1.165, 1.54) is 37.1 Å². The average Bonchev–Trinajstić information content (AvgIpc) is 2.74. The van der Waals surface area contributed by atoms with Gasteiger partial charge in [-0.2, -0.15) is 5.26 Å². The lowest BCUT2D eigenvalue weighted by Crippen LogP contribution is -2.47. The summed E-state index contributed by atoms with van der Waals surface area (Å²) in [6, 6.07) is 8.50. The van der Waals surface area contributed by atoms with E-state index in [0.717, 1.165) is 50.7 Å². The van der Waals surface area contributed by atoms with Crippen molar-refractivity contribution in [2.75, 3.05) is 44.7 Å². The lowest BCUT2D eigenvalue weighted by Gasteiger charge is -2.38. The molecule has 0 radical (unpaired) electrons. The molecule has 2 fully saturated rings. The predicted molar refractivity (Wildman–Crippen MR) is 115 cm³/mol. The Labute approximate surface area is 174 Å². The number of piperazine rings is 1. The minimum atomic E-state index is -0.125.